The Morgan fingerprint density at radius 1 is 1.21 bits per heavy atom. The Hall–Kier alpha value is -2.94. The molecule has 0 unspecified atom stereocenters. The first kappa shape index (κ1) is 19.8. The fraction of sp³-hybridized carbons (Fsp3) is 0.263. The van der Waals surface area contributed by atoms with Gasteiger partial charge in [-0.15, -0.1) is 0 Å². The quantitative estimate of drug-likeness (QED) is 0.795. The molecule has 0 bridgehead atoms. The first-order valence-corrected chi connectivity index (χ1v) is 10.5. The first-order valence-electron chi connectivity index (χ1n) is 8.57. The molecule has 1 fully saturated rings. The van der Waals surface area contributed by atoms with E-state index in [1.807, 2.05) is 0 Å². The highest BCUT2D eigenvalue weighted by Gasteiger charge is 2.22. The molecule has 0 atom stereocenters. The van der Waals surface area contributed by atoms with Crippen LogP contribution in [-0.4, -0.2) is 39.6 Å². The predicted octanol–water partition coefficient (Wildman–Crippen LogP) is 2.37. The summed E-state index contributed by atoms with van der Waals surface area (Å²) in [6.45, 7) is 0.242. The van der Waals surface area contributed by atoms with Crippen LogP contribution in [0.25, 0.3) is 0 Å². The lowest BCUT2D eigenvalue weighted by Gasteiger charge is -2.16. The Labute approximate surface area is 162 Å². The Morgan fingerprint density at radius 3 is 2.54 bits per heavy atom. The maximum Gasteiger partial charge on any atom is 0.262 e. The van der Waals surface area contributed by atoms with Crippen LogP contribution in [0.4, 0.5) is 15.8 Å². The van der Waals surface area contributed by atoms with Gasteiger partial charge in [-0.2, -0.15) is 0 Å². The monoisotopic (exact) mass is 406 g/mol. The molecule has 148 valence electrons. The van der Waals surface area contributed by atoms with Gasteiger partial charge in [0.05, 0.1) is 10.6 Å². The number of hydrogen-bond donors (Lipinski definition) is 1. The zero-order chi connectivity index (χ0) is 20.3. The highest BCUT2D eigenvalue weighted by atomic mass is 32.2. The Morgan fingerprint density at radius 2 is 1.93 bits per heavy atom. The first-order chi connectivity index (χ1) is 13.3. The van der Waals surface area contributed by atoms with Crippen LogP contribution in [-0.2, 0) is 19.4 Å². The molecule has 7 nitrogen and oxygen atoms in total. The van der Waals surface area contributed by atoms with Gasteiger partial charge in [-0.05, 0) is 42.8 Å². The van der Waals surface area contributed by atoms with Crippen molar-refractivity contribution in [2.45, 2.75) is 17.7 Å². The van der Waals surface area contributed by atoms with Crippen molar-refractivity contribution in [1.29, 1.82) is 0 Å². The fourth-order valence-electron chi connectivity index (χ4n) is 2.90. The highest BCUT2D eigenvalue weighted by molar-refractivity contribution is 7.90. The van der Waals surface area contributed by atoms with Crippen molar-refractivity contribution in [3.8, 4) is 5.75 Å². The van der Waals surface area contributed by atoms with Crippen LogP contribution in [0.1, 0.15) is 12.8 Å². The average molecular weight is 406 g/mol. The van der Waals surface area contributed by atoms with Crippen molar-refractivity contribution >= 4 is 33.0 Å². The summed E-state index contributed by atoms with van der Waals surface area (Å²) in [5, 5.41) is 2.25. The number of amides is 2. The van der Waals surface area contributed by atoms with Gasteiger partial charge in [-0.3, -0.25) is 9.59 Å². The topological polar surface area (TPSA) is 92.8 Å². The van der Waals surface area contributed by atoms with Crippen LogP contribution < -0.4 is 15.0 Å². The molecule has 0 spiro atoms. The third-order valence-corrected chi connectivity index (χ3v) is 5.37. The minimum atomic E-state index is -3.71. The zero-order valence-corrected chi connectivity index (χ0v) is 16.0. The largest absolute Gasteiger partial charge is 0.484 e. The minimum Gasteiger partial charge on any atom is -0.484 e. The number of nitrogens with one attached hydrogen (secondary N) is 1. The molecule has 2 aromatic rings. The molecular weight excluding hydrogens is 387 g/mol. The highest BCUT2D eigenvalue weighted by Crippen LogP contribution is 2.25. The number of anilines is 2. The standard InChI is InChI=1S/C19H19FN2O5S/c1-28(25,26)16-5-2-4-15(20)19(16)21-17(23)12-27-14-9-7-13(8-10-14)22-11-3-6-18(22)24/h2,4-5,7-10H,3,6,11-12H2,1H3,(H,21,23). The van der Waals surface area contributed by atoms with Gasteiger partial charge >= 0.3 is 0 Å². The van der Waals surface area contributed by atoms with Crippen molar-refractivity contribution in [3.63, 3.8) is 0 Å². The second kappa shape index (κ2) is 7.97. The van der Waals surface area contributed by atoms with E-state index in [1.165, 1.54) is 12.1 Å². The minimum absolute atomic E-state index is 0.0691. The van der Waals surface area contributed by atoms with E-state index in [0.29, 0.717) is 18.7 Å². The van der Waals surface area contributed by atoms with Crippen molar-refractivity contribution < 1.29 is 27.1 Å². The summed E-state index contributed by atoms with van der Waals surface area (Å²) in [5.41, 5.74) is 0.352. The van der Waals surface area contributed by atoms with Gasteiger partial charge in [0, 0.05) is 24.9 Å². The molecule has 1 aliphatic rings. The van der Waals surface area contributed by atoms with Gasteiger partial charge in [0.25, 0.3) is 5.91 Å². The molecule has 0 saturated carbocycles. The number of rotatable bonds is 6. The van der Waals surface area contributed by atoms with E-state index in [9.17, 15) is 22.4 Å². The molecule has 0 aromatic heterocycles. The Kier molecular flexibility index (Phi) is 5.64. The molecule has 2 amide bonds. The van der Waals surface area contributed by atoms with Crippen LogP contribution in [0.3, 0.4) is 0 Å². The van der Waals surface area contributed by atoms with Gasteiger partial charge in [-0.1, -0.05) is 6.07 Å². The number of para-hydroxylation sites is 1. The van der Waals surface area contributed by atoms with E-state index >= 15 is 0 Å². The summed E-state index contributed by atoms with van der Waals surface area (Å²) in [6.07, 6.45) is 2.29. The summed E-state index contributed by atoms with van der Waals surface area (Å²) >= 11 is 0. The second-order valence-electron chi connectivity index (χ2n) is 6.36. The van der Waals surface area contributed by atoms with E-state index in [0.717, 1.165) is 24.4 Å². The molecule has 0 radical (unpaired) electrons. The number of sulfone groups is 1. The number of carbonyl (C=O) groups is 2. The lowest BCUT2D eigenvalue weighted by atomic mass is 10.3. The summed E-state index contributed by atoms with van der Waals surface area (Å²) in [4.78, 5) is 25.2. The molecule has 1 heterocycles. The molecule has 9 heteroatoms. The molecule has 1 N–H and O–H groups in total. The molecule has 0 aliphatic carbocycles. The summed E-state index contributed by atoms with van der Waals surface area (Å²) in [5.74, 6) is -1.09. The van der Waals surface area contributed by atoms with Crippen LogP contribution in [0, 0.1) is 5.82 Å². The van der Waals surface area contributed by atoms with Gasteiger partial charge in [0.2, 0.25) is 5.91 Å². The summed E-state index contributed by atoms with van der Waals surface area (Å²) < 4.78 is 42.8. The van der Waals surface area contributed by atoms with Crippen molar-refractivity contribution in [1.82, 2.24) is 0 Å². The number of nitrogens with zero attached hydrogens (tertiary/aromatic N) is 1. The third-order valence-electron chi connectivity index (χ3n) is 4.23. The zero-order valence-electron chi connectivity index (χ0n) is 15.1. The maximum absolute atomic E-state index is 14.0. The molecule has 1 aliphatic heterocycles. The summed E-state index contributed by atoms with van der Waals surface area (Å²) in [6, 6.07) is 10.2. The van der Waals surface area contributed by atoms with Crippen LogP contribution >= 0.6 is 0 Å². The number of halogens is 1. The van der Waals surface area contributed by atoms with Crippen LogP contribution in [0.5, 0.6) is 5.75 Å². The summed E-state index contributed by atoms with van der Waals surface area (Å²) in [7, 11) is -3.71. The van der Waals surface area contributed by atoms with Crippen molar-refractivity contribution in [2.24, 2.45) is 0 Å². The van der Waals surface area contributed by atoms with Crippen LogP contribution in [0.2, 0.25) is 0 Å². The predicted molar refractivity (Wildman–Crippen MR) is 102 cm³/mol. The molecule has 28 heavy (non-hydrogen) atoms. The SMILES string of the molecule is CS(=O)(=O)c1cccc(F)c1NC(=O)COc1ccc(N2CCCC2=O)cc1. The van der Waals surface area contributed by atoms with E-state index in [4.69, 9.17) is 4.74 Å². The lowest BCUT2D eigenvalue weighted by molar-refractivity contribution is -0.118. The van der Waals surface area contributed by atoms with Gasteiger partial charge < -0.3 is 15.0 Å². The van der Waals surface area contributed by atoms with E-state index in [1.54, 1.807) is 29.2 Å². The number of hydrogen-bond acceptors (Lipinski definition) is 5. The Balaban J connectivity index is 1.63. The second-order valence-corrected chi connectivity index (χ2v) is 8.35. The average Bonchev–Trinajstić information content (AvgIpc) is 3.07. The van der Waals surface area contributed by atoms with E-state index < -0.39 is 33.9 Å². The van der Waals surface area contributed by atoms with Gasteiger partial charge in [0.15, 0.2) is 16.4 Å². The number of carbonyl (C=O) groups excluding carboxylic acids is 2. The normalized spacial score (nSPS) is 14.2. The fourth-order valence-corrected chi connectivity index (χ4v) is 3.75. The molecular formula is C19H19FN2O5S. The van der Waals surface area contributed by atoms with Gasteiger partial charge in [0.1, 0.15) is 11.6 Å². The smallest absolute Gasteiger partial charge is 0.262 e. The van der Waals surface area contributed by atoms with Crippen molar-refractivity contribution in [3.05, 3.63) is 48.3 Å². The van der Waals surface area contributed by atoms with Gasteiger partial charge in [-0.25, -0.2) is 12.8 Å². The maximum atomic E-state index is 14.0. The number of benzene rings is 2. The van der Waals surface area contributed by atoms with E-state index in [2.05, 4.69) is 5.32 Å². The van der Waals surface area contributed by atoms with E-state index in [-0.39, 0.29) is 10.8 Å². The molecule has 1 saturated heterocycles. The molecule has 2 aromatic carbocycles. The lowest BCUT2D eigenvalue weighted by Crippen LogP contribution is -2.23. The number of ether oxygens (including phenoxy) is 1. The van der Waals surface area contributed by atoms with Crippen molar-refractivity contribution in [2.75, 3.05) is 29.6 Å². The van der Waals surface area contributed by atoms with Crippen LogP contribution in [0.15, 0.2) is 47.4 Å². The molecule has 3 rings (SSSR count). The Bertz CT molecular complexity index is 1010. The third kappa shape index (κ3) is 4.48.